The number of rotatable bonds is 4. The average molecular weight is 388 g/mol. The van der Waals surface area contributed by atoms with E-state index in [1.807, 2.05) is 12.3 Å². The minimum Gasteiger partial charge on any atom is -0.353 e. The SMILES string of the molecule is c1ccc(-c2csc3ncnc(N4CCN(Cc5ccccn5)CC4)c23)cc1. The first-order chi connectivity index (χ1) is 13.9. The van der Waals surface area contributed by atoms with Crippen LogP contribution in [0.1, 0.15) is 5.69 Å². The van der Waals surface area contributed by atoms with Crippen molar-refractivity contribution in [2.24, 2.45) is 0 Å². The Kier molecular flexibility index (Phi) is 4.72. The summed E-state index contributed by atoms with van der Waals surface area (Å²) in [6, 6.07) is 16.6. The van der Waals surface area contributed by atoms with Gasteiger partial charge in [-0.15, -0.1) is 11.3 Å². The van der Waals surface area contributed by atoms with E-state index in [1.165, 1.54) is 16.5 Å². The second-order valence-electron chi connectivity index (χ2n) is 6.98. The molecule has 0 saturated carbocycles. The van der Waals surface area contributed by atoms with E-state index in [0.29, 0.717) is 0 Å². The predicted molar refractivity (Wildman–Crippen MR) is 115 cm³/mol. The maximum Gasteiger partial charge on any atom is 0.141 e. The predicted octanol–water partition coefficient (Wildman–Crippen LogP) is 4.08. The molecule has 0 unspecified atom stereocenters. The lowest BCUT2D eigenvalue weighted by atomic mass is 10.1. The van der Waals surface area contributed by atoms with E-state index in [1.54, 1.807) is 17.7 Å². The van der Waals surface area contributed by atoms with Crippen molar-refractivity contribution in [2.45, 2.75) is 6.54 Å². The van der Waals surface area contributed by atoms with Crippen LogP contribution in [0.15, 0.2) is 66.4 Å². The molecule has 1 saturated heterocycles. The quantitative estimate of drug-likeness (QED) is 0.528. The molecule has 1 fully saturated rings. The van der Waals surface area contributed by atoms with Gasteiger partial charge in [0.2, 0.25) is 0 Å². The van der Waals surface area contributed by atoms with Gasteiger partial charge in [-0.25, -0.2) is 9.97 Å². The van der Waals surface area contributed by atoms with E-state index in [0.717, 1.165) is 49.1 Å². The highest BCUT2D eigenvalue weighted by Crippen LogP contribution is 2.37. The zero-order valence-electron chi connectivity index (χ0n) is 15.5. The lowest BCUT2D eigenvalue weighted by Gasteiger charge is -2.35. The van der Waals surface area contributed by atoms with Crippen molar-refractivity contribution in [3.8, 4) is 11.1 Å². The molecule has 0 aliphatic carbocycles. The highest BCUT2D eigenvalue weighted by atomic mass is 32.1. The Morgan fingerprint density at radius 1 is 0.857 bits per heavy atom. The van der Waals surface area contributed by atoms with Crippen molar-refractivity contribution < 1.29 is 0 Å². The number of anilines is 1. The van der Waals surface area contributed by atoms with Crippen molar-refractivity contribution in [3.05, 3.63) is 72.1 Å². The van der Waals surface area contributed by atoms with E-state index >= 15 is 0 Å². The van der Waals surface area contributed by atoms with Crippen LogP contribution in [0.5, 0.6) is 0 Å². The van der Waals surface area contributed by atoms with Crippen LogP contribution in [0.25, 0.3) is 21.3 Å². The lowest BCUT2D eigenvalue weighted by Crippen LogP contribution is -2.46. The minimum absolute atomic E-state index is 0.904. The summed E-state index contributed by atoms with van der Waals surface area (Å²) in [4.78, 5) is 19.6. The number of thiophene rings is 1. The van der Waals surface area contributed by atoms with Crippen molar-refractivity contribution in [1.29, 1.82) is 0 Å². The third-order valence-electron chi connectivity index (χ3n) is 5.22. The molecule has 0 spiro atoms. The van der Waals surface area contributed by atoms with Crippen LogP contribution in [0.4, 0.5) is 5.82 Å². The van der Waals surface area contributed by atoms with Gasteiger partial charge < -0.3 is 4.90 Å². The Morgan fingerprint density at radius 2 is 1.68 bits per heavy atom. The van der Waals surface area contributed by atoms with Gasteiger partial charge >= 0.3 is 0 Å². The number of nitrogens with zero attached hydrogens (tertiary/aromatic N) is 5. The summed E-state index contributed by atoms with van der Waals surface area (Å²) in [6.45, 7) is 4.84. The Labute approximate surface area is 168 Å². The highest BCUT2D eigenvalue weighted by Gasteiger charge is 2.22. The fourth-order valence-corrected chi connectivity index (χ4v) is 4.68. The molecule has 0 atom stereocenters. The first-order valence-electron chi connectivity index (χ1n) is 9.53. The van der Waals surface area contributed by atoms with Crippen LogP contribution in [0.2, 0.25) is 0 Å². The zero-order chi connectivity index (χ0) is 18.8. The summed E-state index contributed by atoms with van der Waals surface area (Å²) in [6.07, 6.45) is 3.56. The summed E-state index contributed by atoms with van der Waals surface area (Å²) in [7, 11) is 0. The first-order valence-corrected chi connectivity index (χ1v) is 10.4. The molecule has 1 aromatic carbocycles. The normalized spacial score (nSPS) is 15.2. The van der Waals surface area contributed by atoms with Crippen LogP contribution in [0, 0.1) is 0 Å². The molecule has 28 heavy (non-hydrogen) atoms. The van der Waals surface area contributed by atoms with Crippen LogP contribution >= 0.6 is 11.3 Å². The van der Waals surface area contributed by atoms with Crippen LogP contribution in [-0.2, 0) is 6.54 Å². The summed E-state index contributed by atoms with van der Waals surface area (Å²) in [5.74, 6) is 1.06. The lowest BCUT2D eigenvalue weighted by molar-refractivity contribution is 0.247. The van der Waals surface area contributed by atoms with E-state index < -0.39 is 0 Å². The number of piperazine rings is 1. The number of fused-ring (bicyclic) bond motifs is 1. The maximum absolute atomic E-state index is 4.69. The number of benzene rings is 1. The molecular formula is C22H21N5S. The minimum atomic E-state index is 0.904. The molecule has 4 aromatic rings. The van der Waals surface area contributed by atoms with Gasteiger partial charge in [0.25, 0.3) is 0 Å². The number of hydrogen-bond donors (Lipinski definition) is 0. The fraction of sp³-hybridized carbons (Fsp3) is 0.227. The molecule has 140 valence electrons. The zero-order valence-corrected chi connectivity index (χ0v) is 16.3. The van der Waals surface area contributed by atoms with Crippen molar-refractivity contribution in [2.75, 3.05) is 31.1 Å². The largest absolute Gasteiger partial charge is 0.353 e. The van der Waals surface area contributed by atoms with Crippen LogP contribution < -0.4 is 4.90 Å². The molecule has 6 heteroatoms. The van der Waals surface area contributed by atoms with Gasteiger partial charge in [0.05, 0.1) is 11.1 Å². The Balaban J connectivity index is 1.39. The van der Waals surface area contributed by atoms with Crippen molar-refractivity contribution in [3.63, 3.8) is 0 Å². The monoisotopic (exact) mass is 387 g/mol. The number of hydrogen-bond acceptors (Lipinski definition) is 6. The molecular weight excluding hydrogens is 366 g/mol. The van der Waals surface area contributed by atoms with Gasteiger partial charge in [-0.1, -0.05) is 36.4 Å². The standard InChI is InChI=1S/C22H21N5S/c1-2-6-17(7-3-1)19-15-28-22-20(19)21(24-16-25-22)27-12-10-26(11-13-27)14-18-8-4-5-9-23-18/h1-9,15-16H,10-14H2. The van der Waals surface area contributed by atoms with Gasteiger partial charge in [0.15, 0.2) is 0 Å². The van der Waals surface area contributed by atoms with Gasteiger partial charge in [0, 0.05) is 49.9 Å². The molecule has 0 radical (unpaired) electrons. The topological polar surface area (TPSA) is 45.2 Å². The summed E-state index contributed by atoms with van der Waals surface area (Å²) in [5, 5.41) is 3.38. The molecule has 5 rings (SSSR count). The number of pyridine rings is 1. The summed E-state index contributed by atoms with van der Waals surface area (Å²) in [5.41, 5.74) is 3.58. The Morgan fingerprint density at radius 3 is 2.46 bits per heavy atom. The van der Waals surface area contributed by atoms with Crippen molar-refractivity contribution >= 4 is 27.4 Å². The molecule has 1 aliphatic heterocycles. The summed E-state index contributed by atoms with van der Waals surface area (Å²) >= 11 is 1.69. The van der Waals surface area contributed by atoms with E-state index in [2.05, 4.69) is 72.6 Å². The summed E-state index contributed by atoms with van der Waals surface area (Å²) < 4.78 is 0. The van der Waals surface area contributed by atoms with Crippen LogP contribution in [-0.4, -0.2) is 46.0 Å². The van der Waals surface area contributed by atoms with E-state index in [9.17, 15) is 0 Å². The van der Waals surface area contributed by atoms with Crippen molar-refractivity contribution in [1.82, 2.24) is 19.9 Å². The second kappa shape index (κ2) is 7.66. The Bertz CT molecular complexity index is 1060. The highest BCUT2D eigenvalue weighted by molar-refractivity contribution is 7.17. The third-order valence-corrected chi connectivity index (χ3v) is 6.10. The first kappa shape index (κ1) is 17.3. The molecule has 1 aliphatic rings. The maximum atomic E-state index is 4.69. The van der Waals surface area contributed by atoms with Gasteiger partial charge in [-0.2, -0.15) is 0 Å². The molecule has 5 nitrogen and oxygen atoms in total. The van der Waals surface area contributed by atoms with E-state index in [-0.39, 0.29) is 0 Å². The van der Waals surface area contributed by atoms with Gasteiger partial charge in [-0.05, 0) is 17.7 Å². The smallest absolute Gasteiger partial charge is 0.141 e. The fourth-order valence-electron chi connectivity index (χ4n) is 3.77. The molecule has 3 aromatic heterocycles. The van der Waals surface area contributed by atoms with Crippen LogP contribution in [0.3, 0.4) is 0 Å². The Hall–Kier alpha value is -2.83. The molecule has 0 amide bonds. The molecule has 0 bridgehead atoms. The average Bonchev–Trinajstić information content (AvgIpc) is 3.20. The molecule has 0 N–H and O–H groups in total. The molecule has 4 heterocycles. The number of aromatic nitrogens is 3. The third kappa shape index (κ3) is 3.37. The second-order valence-corrected chi connectivity index (χ2v) is 7.84. The van der Waals surface area contributed by atoms with E-state index in [4.69, 9.17) is 0 Å². The van der Waals surface area contributed by atoms with Gasteiger partial charge in [-0.3, -0.25) is 9.88 Å². The van der Waals surface area contributed by atoms with Gasteiger partial charge in [0.1, 0.15) is 17.0 Å².